The van der Waals surface area contributed by atoms with Gasteiger partial charge in [0.15, 0.2) is 0 Å². The summed E-state index contributed by atoms with van der Waals surface area (Å²) in [6, 6.07) is 0.791. The number of rotatable bonds is 4. The summed E-state index contributed by atoms with van der Waals surface area (Å²) in [5.74, 6) is 2.70. The molecule has 0 aromatic rings. The summed E-state index contributed by atoms with van der Waals surface area (Å²) in [4.78, 5) is 4.89. The predicted octanol–water partition coefficient (Wildman–Crippen LogP) is 1.43. The van der Waals surface area contributed by atoms with E-state index in [2.05, 4.69) is 29.8 Å². The summed E-state index contributed by atoms with van der Waals surface area (Å²) >= 11 is 0. The first kappa shape index (κ1) is 11.6. The maximum atomic E-state index is 5.23. The molecule has 0 aromatic heterocycles. The Morgan fingerprint density at radius 3 is 2.50 bits per heavy atom. The Morgan fingerprint density at radius 2 is 2.00 bits per heavy atom. The van der Waals surface area contributed by atoms with E-state index in [0.717, 1.165) is 18.9 Å². The zero-order valence-electron chi connectivity index (χ0n) is 9.50. The molecule has 0 amide bonds. The molecule has 0 spiro atoms. The Bertz CT molecular complexity index is 185. The van der Waals surface area contributed by atoms with Crippen molar-refractivity contribution in [2.24, 2.45) is 0 Å². The van der Waals surface area contributed by atoms with Gasteiger partial charge in [0, 0.05) is 12.5 Å². The molecule has 1 aliphatic heterocycles. The zero-order chi connectivity index (χ0) is 10.4. The minimum atomic E-state index is 0.791. The summed E-state index contributed by atoms with van der Waals surface area (Å²) in [6.07, 6.45) is 9.93. The minimum absolute atomic E-state index is 0.791. The molecule has 80 valence electrons. The van der Waals surface area contributed by atoms with Gasteiger partial charge in [-0.2, -0.15) is 0 Å². The molecular formula is C12H22N2. The number of hydrogen-bond acceptors (Lipinski definition) is 2. The van der Waals surface area contributed by atoms with E-state index in [1.165, 1.54) is 32.5 Å². The van der Waals surface area contributed by atoms with Crippen LogP contribution in [0.2, 0.25) is 0 Å². The highest BCUT2D eigenvalue weighted by Gasteiger charge is 2.19. The normalized spacial score (nSPS) is 19.9. The molecule has 0 unspecified atom stereocenters. The van der Waals surface area contributed by atoms with Crippen LogP contribution in [-0.2, 0) is 0 Å². The quantitative estimate of drug-likeness (QED) is 0.493. The number of nitrogens with zero attached hydrogens (tertiary/aromatic N) is 2. The Labute approximate surface area is 88.3 Å². The first-order chi connectivity index (χ1) is 6.74. The fourth-order valence-electron chi connectivity index (χ4n) is 2.06. The summed E-state index contributed by atoms with van der Waals surface area (Å²) < 4.78 is 0. The zero-order valence-corrected chi connectivity index (χ0v) is 9.50. The summed E-state index contributed by atoms with van der Waals surface area (Å²) in [5.41, 5.74) is 0. The second-order valence-corrected chi connectivity index (χ2v) is 4.34. The van der Waals surface area contributed by atoms with E-state index in [9.17, 15) is 0 Å². The lowest BCUT2D eigenvalue weighted by molar-refractivity contribution is 0.144. The third-order valence-electron chi connectivity index (χ3n) is 3.08. The average molecular weight is 194 g/mol. The van der Waals surface area contributed by atoms with Gasteiger partial charge in [0.25, 0.3) is 0 Å². The summed E-state index contributed by atoms with van der Waals surface area (Å²) in [6.45, 7) is 3.67. The highest BCUT2D eigenvalue weighted by molar-refractivity contribution is 4.84. The molecule has 14 heavy (non-hydrogen) atoms. The topological polar surface area (TPSA) is 6.48 Å². The van der Waals surface area contributed by atoms with Crippen LogP contribution in [0.5, 0.6) is 0 Å². The van der Waals surface area contributed by atoms with Gasteiger partial charge in [-0.1, -0.05) is 0 Å². The maximum absolute atomic E-state index is 5.23. The van der Waals surface area contributed by atoms with Gasteiger partial charge in [-0.15, -0.1) is 12.3 Å². The number of unbranched alkanes of at least 4 members (excludes halogenated alkanes) is 1. The van der Waals surface area contributed by atoms with Crippen molar-refractivity contribution >= 4 is 0 Å². The predicted molar refractivity (Wildman–Crippen MR) is 61.2 cm³/mol. The van der Waals surface area contributed by atoms with E-state index in [-0.39, 0.29) is 0 Å². The Hall–Kier alpha value is -0.520. The van der Waals surface area contributed by atoms with Crippen LogP contribution in [0.25, 0.3) is 0 Å². The van der Waals surface area contributed by atoms with Gasteiger partial charge in [-0.25, -0.2) is 0 Å². The Kier molecular flexibility index (Phi) is 5.00. The number of likely N-dealkylation sites (tertiary alicyclic amines) is 1. The lowest BCUT2D eigenvalue weighted by atomic mass is 10.0. The molecule has 1 saturated heterocycles. The van der Waals surface area contributed by atoms with Crippen molar-refractivity contribution in [1.82, 2.24) is 9.80 Å². The van der Waals surface area contributed by atoms with E-state index in [1.807, 2.05) is 0 Å². The standard InChI is InChI=1S/C12H22N2/c1-4-5-6-9-14-10-7-12(8-11-14)13(2)3/h1,12H,5-11H2,2-3H3. The van der Waals surface area contributed by atoms with Crippen LogP contribution < -0.4 is 0 Å². The lowest BCUT2D eigenvalue weighted by Gasteiger charge is -2.35. The monoisotopic (exact) mass is 194 g/mol. The van der Waals surface area contributed by atoms with Crippen molar-refractivity contribution in [2.75, 3.05) is 33.7 Å². The van der Waals surface area contributed by atoms with Crippen LogP contribution in [0, 0.1) is 12.3 Å². The highest BCUT2D eigenvalue weighted by atomic mass is 15.2. The van der Waals surface area contributed by atoms with Gasteiger partial charge in [-0.05, 0) is 53.0 Å². The molecule has 0 saturated carbocycles. The van der Waals surface area contributed by atoms with Gasteiger partial charge in [-0.3, -0.25) is 0 Å². The molecule has 0 radical (unpaired) electrons. The van der Waals surface area contributed by atoms with E-state index < -0.39 is 0 Å². The second kappa shape index (κ2) is 6.06. The van der Waals surface area contributed by atoms with Crippen LogP contribution in [0.15, 0.2) is 0 Å². The molecular weight excluding hydrogens is 172 g/mol. The summed E-state index contributed by atoms with van der Waals surface area (Å²) in [7, 11) is 4.36. The maximum Gasteiger partial charge on any atom is 0.0113 e. The van der Waals surface area contributed by atoms with Crippen LogP contribution in [0.1, 0.15) is 25.7 Å². The smallest absolute Gasteiger partial charge is 0.0113 e. The van der Waals surface area contributed by atoms with Crippen molar-refractivity contribution < 1.29 is 0 Å². The number of terminal acetylenes is 1. The third kappa shape index (κ3) is 3.69. The van der Waals surface area contributed by atoms with Gasteiger partial charge in [0.2, 0.25) is 0 Å². The second-order valence-electron chi connectivity index (χ2n) is 4.34. The molecule has 1 fully saturated rings. The van der Waals surface area contributed by atoms with Gasteiger partial charge >= 0.3 is 0 Å². The van der Waals surface area contributed by atoms with Crippen molar-refractivity contribution in [1.29, 1.82) is 0 Å². The van der Waals surface area contributed by atoms with Crippen LogP contribution in [-0.4, -0.2) is 49.6 Å². The van der Waals surface area contributed by atoms with Crippen molar-refractivity contribution in [3.63, 3.8) is 0 Å². The molecule has 0 atom stereocenters. The van der Waals surface area contributed by atoms with Crippen molar-refractivity contribution in [3.05, 3.63) is 0 Å². The fraction of sp³-hybridized carbons (Fsp3) is 0.833. The molecule has 1 heterocycles. The first-order valence-corrected chi connectivity index (χ1v) is 5.56. The molecule has 0 bridgehead atoms. The Morgan fingerprint density at radius 1 is 1.36 bits per heavy atom. The molecule has 0 N–H and O–H groups in total. The molecule has 2 heteroatoms. The van der Waals surface area contributed by atoms with E-state index in [4.69, 9.17) is 6.42 Å². The SMILES string of the molecule is C#CCCCN1CCC(N(C)C)CC1. The number of hydrogen-bond donors (Lipinski definition) is 0. The third-order valence-corrected chi connectivity index (χ3v) is 3.08. The van der Waals surface area contributed by atoms with Crippen LogP contribution in [0.4, 0.5) is 0 Å². The van der Waals surface area contributed by atoms with Gasteiger partial charge in [0.05, 0.1) is 0 Å². The van der Waals surface area contributed by atoms with E-state index in [0.29, 0.717) is 0 Å². The first-order valence-electron chi connectivity index (χ1n) is 5.56. The van der Waals surface area contributed by atoms with Crippen molar-refractivity contribution in [2.45, 2.75) is 31.7 Å². The molecule has 0 aromatic carbocycles. The van der Waals surface area contributed by atoms with Crippen molar-refractivity contribution in [3.8, 4) is 12.3 Å². The van der Waals surface area contributed by atoms with E-state index >= 15 is 0 Å². The largest absolute Gasteiger partial charge is 0.306 e. The Balaban J connectivity index is 2.13. The fourth-order valence-corrected chi connectivity index (χ4v) is 2.06. The molecule has 2 nitrogen and oxygen atoms in total. The highest BCUT2D eigenvalue weighted by Crippen LogP contribution is 2.14. The van der Waals surface area contributed by atoms with Crippen LogP contribution in [0.3, 0.4) is 0 Å². The summed E-state index contributed by atoms with van der Waals surface area (Å²) in [5, 5.41) is 0. The minimum Gasteiger partial charge on any atom is -0.306 e. The molecule has 0 aliphatic carbocycles. The van der Waals surface area contributed by atoms with E-state index in [1.54, 1.807) is 0 Å². The molecule has 1 aliphatic rings. The van der Waals surface area contributed by atoms with Gasteiger partial charge < -0.3 is 9.80 Å². The number of piperidine rings is 1. The van der Waals surface area contributed by atoms with Gasteiger partial charge in [0.1, 0.15) is 0 Å². The van der Waals surface area contributed by atoms with Crippen LogP contribution >= 0.6 is 0 Å². The molecule has 1 rings (SSSR count). The average Bonchev–Trinajstić information content (AvgIpc) is 2.19. The lowest BCUT2D eigenvalue weighted by Crippen LogP contribution is -2.42.